The quantitative estimate of drug-likeness (QED) is 0.111. The summed E-state index contributed by atoms with van der Waals surface area (Å²) in [5, 5.41) is 10.3. The zero-order valence-electron chi connectivity index (χ0n) is 25.0. The molecule has 0 radical (unpaired) electrons. The predicted molar refractivity (Wildman–Crippen MR) is 169 cm³/mol. The van der Waals surface area contributed by atoms with Gasteiger partial charge in [0.2, 0.25) is 0 Å². The standard InChI is InChI=1S/C30H35ClFN7O4Si/c1-18-7-8-34-30(38-18)43-22-6-5-19(13-21(22)32)25-26-28(33)36-16-37-29(26)39(17-41-11-12-44(2,3)4)27(25)20-15-35-24(31)14-23(20)42-10-9-40/h6-8,13-16,19,40H,5,9-12,17H2,1-4H3,(H2,33,36,37). The molecule has 1 atom stereocenters. The number of pyridine rings is 1. The average Bonchev–Trinajstić information content (AvgIpc) is 3.30. The molecule has 4 heterocycles. The summed E-state index contributed by atoms with van der Waals surface area (Å²) in [4.78, 5) is 21.5. The third kappa shape index (κ3) is 7.07. The third-order valence-corrected chi connectivity index (χ3v) is 8.96. The highest BCUT2D eigenvalue weighted by Crippen LogP contribution is 2.46. The number of anilines is 1. The van der Waals surface area contributed by atoms with Crippen LogP contribution in [0.15, 0.2) is 54.6 Å². The molecule has 5 rings (SSSR count). The molecule has 4 aromatic rings. The number of nitrogens with zero attached hydrogens (tertiary/aromatic N) is 6. The SMILES string of the molecule is Cc1ccnc(OC2=CCC(c3c(-c4cnc(Cl)cc4OCCO)n(COCC[Si](C)(C)C)c4ncnc(N)c34)C=C2F)n1. The van der Waals surface area contributed by atoms with Gasteiger partial charge >= 0.3 is 6.01 Å². The van der Waals surface area contributed by atoms with Crippen LogP contribution in [-0.2, 0) is 11.5 Å². The summed E-state index contributed by atoms with van der Waals surface area (Å²) in [5.41, 5.74) is 9.54. The van der Waals surface area contributed by atoms with E-state index in [0.29, 0.717) is 52.3 Å². The molecule has 232 valence electrons. The van der Waals surface area contributed by atoms with Crippen molar-refractivity contribution in [1.82, 2.24) is 29.5 Å². The Balaban J connectivity index is 1.64. The Labute approximate surface area is 260 Å². The summed E-state index contributed by atoms with van der Waals surface area (Å²) in [6, 6.07) is 4.33. The van der Waals surface area contributed by atoms with Crippen LogP contribution in [0.1, 0.15) is 23.6 Å². The van der Waals surface area contributed by atoms with E-state index < -0.39 is 19.8 Å². The third-order valence-electron chi connectivity index (χ3n) is 7.04. The molecule has 1 aliphatic carbocycles. The van der Waals surface area contributed by atoms with E-state index in [0.717, 1.165) is 6.04 Å². The molecule has 14 heteroatoms. The fraction of sp³-hybridized carbons (Fsp3) is 0.367. The van der Waals surface area contributed by atoms with Gasteiger partial charge in [0.25, 0.3) is 0 Å². The van der Waals surface area contributed by atoms with Gasteiger partial charge in [-0.2, -0.15) is 0 Å². The first kappa shape index (κ1) is 31.5. The van der Waals surface area contributed by atoms with Crippen molar-refractivity contribution in [3.05, 3.63) is 71.0 Å². The van der Waals surface area contributed by atoms with E-state index in [2.05, 4.69) is 44.6 Å². The van der Waals surface area contributed by atoms with Crippen molar-refractivity contribution in [2.24, 2.45) is 0 Å². The number of aliphatic hydroxyl groups is 1. The topological polar surface area (TPSA) is 143 Å². The van der Waals surface area contributed by atoms with Crippen LogP contribution in [0, 0.1) is 6.92 Å². The minimum absolute atomic E-state index is 0.0242. The molecule has 0 amide bonds. The van der Waals surface area contributed by atoms with Gasteiger partial charge in [0.1, 0.15) is 42.0 Å². The van der Waals surface area contributed by atoms with Crippen LogP contribution >= 0.6 is 11.6 Å². The Bertz CT molecular complexity index is 1720. The Morgan fingerprint density at radius 1 is 1.18 bits per heavy atom. The van der Waals surface area contributed by atoms with Crippen molar-refractivity contribution >= 4 is 36.5 Å². The Morgan fingerprint density at radius 3 is 2.73 bits per heavy atom. The molecule has 0 aromatic carbocycles. The molecule has 0 saturated heterocycles. The lowest BCUT2D eigenvalue weighted by Gasteiger charge is -2.21. The molecule has 0 fully saturated rings. The molecule has 0 spiro atoms. The summed E-state index contributed by atoms with van der Waals surface area (Å²) in [5.74, 6) is -0.437. The number of nitrogen functional groups attached to an aromatic ring is 1. The predicted octanol–water partition coefficient (Wildman–Crippen LogP) is 5.81. The maximum atomic E-state index is 15.7. The Morgan fingerprint density at radius 2 is 2.00 bits per heavy atom. The lowest BCUT2D eigenvalue weighted by molar-refractivity contribution is 0.0907. The summed E-state index contributed by atoms with van der Waals surface area (Å²) in [7, 11) is -1.36. The van der Waals surface area contributed by atoms with Gasteiger partial charge < -0.3 is 29.6 Å². The average molecular weight is 640 g/mol. The van der Waals surface area contributed by atoms with Gasteiger partial charge in [-0.15, -0.1) is 0 Å². The van der Waals surface area contributed by atoms with Crippen molar-refractivity contribution in [3.8, 4) is 23.0 Å². The van der Waals surface area contributed by atoms with Gasteiger partial charge in [0, 0.05) is 44.8 Å². The molecule has 1 aliphatic rings. The van der Waals surface area contributed by atoms with Gasteiger partial charge in [-0.3, -0.25) is 0 Å². The lowest BCUT2D eigenvalue weighted by Crippen LogP contribution is -2.22. The van der Waals surface area contributed by atoms with Crippen LogP contribution < -0.4 is 15.2 Å². The van der Waals surface area contributed by atoms with Crippen molar-refractivity contribution in [2.45, 2.75) is 51.7 Å². The van der Waals surface area contributed by atoms with Gasteiger partial charge in [-0.1, -0.05) is 31.2 Å². The first-order chi connectivity index (χ1) is 21.1. The number of fused-ring (bicyclic) bond motifs is 1. The maximum Gasteiger partial charge on any atom is 0.322 e. The molecule has 0 saturated carbocycles. The zero-order chi connectivity index (χ0) is 31.4. The molecule has 3 N–H and O–H groups in total. The largest absolute Gasteiger partial charge is 0.490 e. The van der Waals surface area contributed by atoms with E-state index in [1.165, 1.54) is 12.4 Å². The fourth-order valence-corrected chi connectivity index (χ4v) is 5.83. The van der Waals surface area contributed by atoms with Crippen molar-refractivity contribution in [2.75, 3.05) is 25.6 Å². The summed E-state index contributed by atoms with van der Waals surface area (Å²) in [6.45, 7) is 9.16. The molecule has 1 unspecified atom stereocenters. The number of aromatic nitrogens is 6. The minimum Gasteiger partial charge on any atom is -0.490 e. The van der Waals surface area contributed by atoms with Crippen LogP contribution in [-0.4, -0.2) is 62.5 Å². The number of nitrogens with two attached hydrogens (primary N) is 1. The maximum absolute atomic E-state index is 15.7. The monoisotopic (exact) mass is 639 g/mol. The number of ether oxygens (including phenoxy) is 3. The number of hydrogen-bond donors (Lipinski definition) is 2. The summed E-state index contributed by atoms with van der Waals surface area (Å²) in [6.07, 6.45) is 8.02. The molecule has 11 nitrogen and oxygen atoms in total. The van der Waals surface area contributed by atoms with Gasteiger partial charge in [-0.05, 0) is 43.2 Å². The number of rotatable bonds is 12. The molecular formula is C30H35ClFN7O4Si. The smallest absolute Gasteiger partial charge is 0.322 e. The normalized spacial score (nSPS) is 15.3. The molecule has 44 heavy (non-hydrogen) atoms. The summed E-state index contributed by atoms with van der Waals surface area (Å²) >= 11 is 6.26. The second-order valence-corrected chi connectivity index (χ2v) is 17.6. The van der Waals surface area contributed by atoms with Crippen LogP contribution in [0.3, 0.4) is 0 Å². The van der Waals surface area contributed by atoms with E-state index in [9.17, 15) is 5.11 Å². The molecule has 4 aromatic heterocycles. The van der Waals surface area contributed by atoms with Crippen LogP contribution in [0.2, 0.25) is 30.8 Å². The minimum atomic E-state index is -1.36. The molecule has 0 aliphatic heterocycles. The number of hydrogen-bond acceptors (Lipinski definition) is 10. The molecule has 0 bridgehead atoms. The van der Waals surface area contributed by atoms with Gasteiger partial charge in [0.05, 0.1) is 23.3 Å². The number of halogens is 2. The zero-order valence-corrected chi connectivity index (χ0v) is 26.8. The van der Waals surface area contributed by atoms with Crippen LogP contribution in [0.25, 0.3) is 22.3 Å². The second-order valence-electron chi connectivity index (χ2n) is 11.6. The van der Waals surface area contributed by atoms with E-state index in [1.807, 2.05) is 4.57 Å². The highest BCUT2D eigenvalue weighted by atomic mass is 35.5. The highest BCUT2D eigenvalue weighted by molar-refractivity contribution is 6.76. The van der Waals surface area contributed by atoms with Crippen LogP contribution in [0.4, 0.5) is 10.2 Å². The Kier molecular flexibility index (Phi) is 9.58. The van der Waals surface area contributed by atoms with E-state index in [-0.39, 0.29) is 42.7 Å². The van der Waals surface area contributed by atoms with Crippen molar-refractivity contribution in [3.63, 3.8) is 0 Å². The first-order valence-electron chi connectivity index (χ1n) is 14.2. The first-order valence-corrected chi connectivity index (χ1v) is 18.3. The molecular weight excluding hydrogens is 605 g/mol. The van der Waals surface area contributed by atoms with E-state index in [1.54, 1.807) is 37.5 Å². The van der Waals surface area contributed by atoms with E-state index >= 15 is 4.39 Å². The van der Waals surface area contributed by atoms with Crippen molar-refractivity contribution in [1.29, 1.82) is 0 Å². The fourth-order valence-electron chi connectivity index (χ4n) is 4.92. The number of aryl methyl sites for hydroxylation is 1. The second kappa shape index (κ2) is 13.4. The van der Waals surface area contributed by atoms with Gasteiger partial charge in [-0.25, -0.2) is 29.3 Å². The lowest BCUT2D eigenvalue weighted by atomic mass is 9.88. The Hall–Kier alpha value is -3.91. The number of allylic oxidation sites excluding steroid dienone is 3. The van der Waals surface area contributed by atoms with E-state index in [4.69, 9.17) is 31.5 Å². The van der Waals surface area contributed by atoms with Crippen molar-refractivity contribution < 1.29 is 23.7 Å². The van der Waals surface area contributed by atoms with Gasteiger partial charge in [0.15, 0.2) is 11.6 Å². The number of aliphatic hydroxyl groups excluding tert-OH is 1. The highest BCUT2D eigenvalue weighted by Gasteiger charge is 2.31. The summed E-state index contributed by atoms with van der Waals surface area (Å²) < 4.78 is 35.4. The van der Waals surface area contributed by atoms with Crippen LogP contribution in [0.5, 0.6) is 11.8 Å².